The minimum absolute atomic E-state index is 0.248. The number of halogens is 1. The molecule has 2 aromatic rings. The molecule has 0 unspecified atom stereocenters. The summed E-state index contributed by atoms with van der Waals surface area (Å²) in [6, 6.07) is 12.6. The minimum atomic E-state index is -0.293. The van der Waals surface area contributed by atoms with E-state index in [9.17, 15) is 4.79 Å². The fourth-order valence-electron chi connectivity index (χ4n) is 4.75. The Hall–Kier alpha value is -2.15. The molecule has 4 rings (SSSR count). The van der Waals surface area contributed by atoms with Gasteiger partial charge in [0.15, 0.2) is 0 Å². The van der Waals surface area contributed by atoms with E-state index in [-0.39, 0.29) is 12.1 Å². The highest BCUT2D eigenvalue weighted by molar-refractivity contribution is 6.30. The van der Waals surface area contributed by atoms with Crippen LogP contribution >= 0.6 is 11.6 Å². The first-order chi connectivity index (χ1) is 15.5. The van der Waals surface area contributed by atoms with Crippen molar-refractivity contribution in [2.75, 3.05) is 37.7 Å². The number of nitrogens with zero attached hydrogens (tertiary/aromatic N) is 3. The van der Waals surface area contributed by atoms with Crippen molar-refractivity contribution in [3.8, 4) is 0 Å². The van der Waals surface area contributed by atoms with Crippen LogP contribution in [-0.2, 0) is 15.9 Å². The second-order valence-corrected chi connectivity index (χ2v) is 9.10. The number of anilines is 1. The summed E-state index contributed by atoms with van der Waals surface area (Å²) in [7, 11) is 0. The van der Waals surface area contributed by atoms with Gasteiger partial charge in [0, 0.05) is 42.9 Å². The molecule has 2 fully saturated rings. The monoisotopic (exact) mass is 457 g/mol. The molecular weight excluding hydrogens is 426 g/mol. The highest BCUT2D eigenvalue weighted by Crippen LogP contribution is 2.27. The Kier molecular flexibility index (Phi) is 7.66. The summed E-state index contributed by atoms with van der Waals surface area (Å²) in [6.07, 6.45) is 5.04. The lowest BCUT2D eigenvalue weighted by Gasteiger charge is -2.46. The van der Waals surface area contributed by atoms with E-state index in [2.05, 4.69) is 33.8 Å². The van der Waals surface area contributed by atoms with Crippen molar-refractivity contribution in [2.45, 2.75) is 51.3 Å². The number of aromatic nitrogens is 1. The largest absolute Gasteiger partial charge is 0.462 e. The van der Waals surface area contributed by atoms with Crippen LogP contribution in [0.15, 0.2) is 42.6 Å². The van der Waals surface area contributed by atoms with Crippen LogP contribution in [0.1, 0.15) is 42.6 Å². The lowest BCUT2D eigenvalue weighted by Crippen LogP contribution is -2.56. The Morgan fingerprint density at radius 3 is 2.69 bits per heavy atom. The van der Waals surface area contributed by atoms with Crippen LogP contribution in [0.25, 0.3) is 0 Å². The number of hydrogen-bond acceptors (Lipinski definition) is 6. The number of hydrogen-bond donors (Lipinski definition) is 0. The molecule has 1 aromatic heterocycles. The third-order valence-electron chi connectivity index (χ3n) is 6.41. The first-order valence-corrected chi connectivity index (χ1v) is 11.9. The number of pyridine rings is 1. The van der Waals surface area contributed by atoms with Gasteiger partial charge in [0.1, 0.15) is 5.82 Å². The maximum absolute atomic E-state index is 12.1. The molecule has 0 N–H and O–H groups in total. The smallest absolute Gasteiger partial charge is 0.338 e. The maximum Gasteiger partial charge on any atom is 0.338 e. The van der Waals surface area contributed by atoms with Crippen molar-refractivity contribution >= 4 is 23.4 Å². The average molecular weight is 458 g/mol. The zero-order valence-corrected chi connectivity index (χ0v) is 19.6. The van der Waals surface area contributed by atoms with Gasteiger partial charge in [-0.15, -0.1) is 0 Å². The van der Waals surface area contributed by atoms with Gasteiger partial charge < -0.3 is 14.4 Å². The number of esters is 1. The van der Waals surface area contributed by atoms with E-state index in [1.807, 2.05) is 25.1 Å². The van der Waals surface area contributed by atoms with Crippen LogP contribution in [0.2, 0.25) is 5.02 Å². The van der Waals surface area contributed by atoms with Gasteiger partial charge in [0.05, 0.1) is 24.9 Å². The van der Waals surface area contributed by atoms with Crippen LogP contribution in [0.5, 0.6) is 0 Å². The molecule has 0 aliphatic carbocycles. The number of ether oxygens (including phenoxy) is 2. The minimum Gasteiger partial charge on any atom is -0.462 e. The number of benzene rings is 1. The molecule has 1 aromatic carbocycles. The van der Waals surface area contributed by atoms with Crippen molar-refractivity contribution in [1.82, 2.24) is 9.88 Å². The summed E-state index contributed by atoms with van der Waals surface area (Å²) in [6.45, 7) is 7.90. The van der Waals surface area contributed by atoms with E-state index in [0.717, 1.165) is 56.3 Å². The number of carbonyl (C=O) groups is 1. The van der Waals surface area contributed by atoms with Crippen LogP contribution in [0.4, 0.5) is 5.82 Å². The predicted molar refractivity (Wildman–Crippen MR) is 126 cm³/mol. The molecule has 0 bridgehead atoms. The first kappa shape index (κ1) is 23.0. The van der Waals surface area contributed by atoms with E-state index >= 15 is 0 Å². The lowest BCUT2D eigenvalue weighted by atomic mass is 9.96. The molecule has 32 heavy (non-hydrogen) atoms. The van der Waals surface area contributed by atoms with Gasteiger partial charge in [-0.25, -0.2) is 9.78 Å². The molecule has 172 valence electrons. The Morgan fingerprint density at radius 1 is 1.22 bits per heavy atom. The molecule has 0 radical (unpaired) electrons. The van der Waals surface area contributed by atoms with Crippen molar-refractivity contribution in [2.24, 2.45) is 0 Å². The first-order valence-electron chi connectivity index (χ1n) is 11.5. The van der Waals surface area contributed by atoms with E-state index in [4.69, 9.17) is 21.1 Å². The van der Waals surface area contributed by atoms with Crippen LogP contribution < -0.4 is 4.90 Å². The van der Waals surface area contributed by atoms with Gasteiger partial charge in [-0.3, -0.25) is 4.90 Å². The van der Waals surface area contributed by atoms with Gasteiger partial charge in [-0.05, 0) is 62.9 Å². The maximum atomic E-state index is 12.1. The standard InChI is InChI=1S/C25H32ClN3O3/c1-3-31-25(30)20-8-11-27-24(15-20)28-12-9-22(10-13-28)29-16-18(2)32-17-23(29)14-19-4-6-21(26)7-5-19/h4-8,11,15,18,22-23H,3,9-10,12-14,16-17H2,1-2H3/t18-,23-/m0/s1. The molecule has 0 amide bonds. The Morgan fingerprint density at radius 2 is 1.97 bits per heavy atom. The molecule has 2 aliphatic rings. The van der Waals surface area contributed by atoms with Crippen LogP contribution in [0, 0.1) is 0 Å². The zero-order valence-electron chi connectivity index (χ0n) is 18.9. The highest BCUT2D eigenvalue weighted by Gasteiger charge is 2.34. The van der Waals surface area contributed by atoms with E-state index in [1.54, 1.807) is 12.3 Å². The Balaban J connectivity index is 1.40. The molecule has 0 saturated carbocycles. The highest BCUT2D eigenvalue weighted by atomic mass is 35.5. The van der Waals surface area contributed by atoms with Crippen molar-refractivity contribution < 1.29 is 14.3 Å². The SMILES string of the molecule is CCOC(=O)c1ccnc(N2CCC(N3C[C@H](C)OC[C@@H]3Cc3ccc(Cl)cc3)CC2)c1. The van der Waals surface area contributed by atoms with E-state index in [1.165, 1.54) is 5.56 Å². The summed E-state index contributed by atoms with van der Waals surface area (Å²) in [5, 5.41) is 0.770. The number of rotatable bonds is 6. The molecule has 2 atom stereocenters. The molecule has 3 heterocycles. The number of morpholine rings is 1. The predicted octanol–water partition coefficient (Wildman–Crippen LogP) is 4.21. The molecule has 6 nitrogen and oxygen atoms in total. The topological polar surface area (TPSA) is 54.9 Å². The van der Waals surface area contributed by atoms with E-state index in [0.29, 0.717) is 24.3 Å². The van der Waals surface area contributed by atoms with Gasteiger partial charge in [-0.2, -0.15) is 0 Å². The van der Waals surface area contributed by atoms with Crippen molar-refractivity contribution in [3.05, 3.63) is 58.7 Å². The Bertz CT molecular complexity index is 900. The average Bonchev–Trinajstić information content (AvgIpc) is 2.82. The number of piperidine rings is 1. The fraction of sp³-hybridized carbons (Fsp3) is 0.520. The molecule has 0 spiro atoms. The zero-order chi connectivity index (χ0) is 22.5. The molecule has 2 aliphatic heterocycles. The van der Waals surface area contributed by atoms with Gasteiger partial charge in [-0.1, -0.05) is 23.7 Å². The van der Waals surface area contributed by atoms with Gasteiger partial charge in [0.25, 0.3) is 0 Å². The second-order valence-electron chi connectivity index (χ2n) is 8.67. The van der Waals surface area contributed by atoms with Gasteiger partial charge >= 0.3 is 5.97 Å². The third-order valence-corrected chi connectivity index (χ3v) is 6.66. The molecule has 2 saturated heterocycles. The Labute approximate surface area is 195 Å². The second kappa shape index (κ2) is 10.6. The van der Waals surface area contributed by atoms with Gasteiger partial charge in [0.2, 0.25) is 0 Å². The third kappa shape index (κ3) is 5.61. The normalized spacial score (nSPS) is 22.7. The quantitative estimate of drug-likeness (QED) is 0.605. The summed E-state index contributed by atoms with van der Waals surface area (Å²) in [5.41, 5.74) is 1.85. The number of carbonyl (C=O) groups excluding carboxylic acids is 1. The van der Waals surface area contributed by atoms with Crippen molar-refractivity contribution in [3.63, 3.8) is 0 Å². The molecular formula is C25H32ClN3O3. The fourth-order valence-corrected chi connectivity index (χ4v) is 4.87. The van der Waals surface area contributed by atoms with Crippen LogP contribution in [0.3, 0.4) is 0 Å². The summed E-state index contributed by atoms with van der Waals surface area (Å²) in [5.74, 6) is 0.556. The van der Waals surface area contributed by atoms with Crippen molar-refractivity contribution in [1.29, 1.82) is 0 Å². The van der Waals surface area contributed by atoms with Crippen LogP contribution in [-0.4, -0.2) is 66.9 Å². The summed E-state index contributed by atoms with van der Waals surface area (Å²) in [4.78, 5) is 21.5. The summed E-state index contributed by atoms with van der Waals surface area (Å²) < 4.78 is 11.2. The summed E-state index contributed by atoms with van der Waals surface area (Å²) >= 11 is 6.06. The lowest BCUT2D eigenvalue weighted by molar-refractivity contribution is -0.0745. The van der Waals surface area contributed by atoms with E-state index < -0.39 is 0 Å². The molecule has 7 heteroatoms.